The van der Waals surface area contributed by atoms with E-state index in [0.717, 1.165) is 31.0 Å². The molecule has 1 saturated carbocycles. The molecule has 2 N–H and O–H groups in total. The fourth-order valence-corrected chi connectivity index (χ4v) is 3.20. The van der Waals surface area contributed by atoms with Crippen LogP contribution in [-0.4, -0.2) is 33.7 Å². The second-order valence-corrected chi connectivity index (χ2v) is 5.69. The fraction of sp³-hybridized carbons (Fsp3) is 0.600. The van der Waals surface area contributed by atoms with E-state index >= 15 is 0 Å². The van der Waals surface area contributed by atoms with Gasteiger partial charge >= 0.3 is 0 Å². The van der Waals surface area contributed by atoms with E-state index in [1.54, 1.807) is 6.33 Å². The van der Waals surface area contributed by atoms with Crippen molar-refractivity contribution in [3.63, 3.8) is 0 Å². The van der Waals surface area contributed by atoms with Crippen LogP contribution in [0.3, 0.4) is 0 Å². The molecule has 2 aromatic rings. The van der Waals surface area contributed by atoms with Crippen molar-refractivity contribution in [2.45, 2.75) is 45.1 Å². The monoisotopic (exact) mass is 273 g/mol. The summed E-state index contributed by atoms with van der Waals surface area (Å²) in [4.78, 5) is 6.82. The molecule has 5 heteroatoms. The van der Waals surface area contributed by atoms with Crippen LogP contribution in [0.4, 0.5) is 5.82 Å². The summed E-state index contributed by atoms with van der Waals surface area (Å²) < 4.78 is 1.96. The van der Waals surface area contributed by atoms with Gasteiger partial charge in [-0.15, -0.1) is 0 Å². The first-order valence-corrected chi connectivity index (χ1v) is 7.56. The number of aromatic nitrogens is 3. The predicted octanol–water partition coefficient (Wildman–Crippen LogP) is 2.14. The van der Waals surface area contributed by atoms with E-state index in [-0.39, 0.29) is 0 Å². The maximum absolute atomic E-state index is 5.71. The van der Waals surface area contributed by atoms with Crippen molar-refractivity contribution < 1.29 is 0 Å². The van der Waals surface area contributed by atoms with E-state index in [1.807, 2.05) is 4.52 Å². The molecular formula is C15H23N5. The summed E-state index contributed by atoms with van der Waals surface area (Å²) >= 11 is 0. The molecule has 0 bridgehead atoms. The summed E-state index contributed by atoms with van der Waals surface area (Å²) in [5.74, 6) is 1.16. The first-order chi connectivity index (χ1) is 9.79. The smallest absolute Gasteiger partial charge is 0.157 e. The third-order valence-corrected chi connectivity index (χ3v) is 4.17. The van der Waals surface area contributed by atoms with Gasteiger partial charge in [-0.2, -0.15) is 9.61 Å². The van der Waals surface area contributed by atoms with E-state index in [4.69, 9.17) is 5.73 Å². The normalized spacial score (nSPS) is 16.1. The van der Waals surface area contributed by atoms with E-state index in [9.17, 15) is 0 Å². The molecule has 3 rings (SSSR count). The highest BCUT2D eigenvalue weighted by atomic mass is 15.4. The summed E-state index contributed by atoms with van der Waals surface area (Å²) in [7, 11) is 0. The Morgan fingerprint density at radius 3 is 2.90 bits per heavy atom. The van der Waals surface area contributed by atoms with Crippen LogP contribution in [0.15, 0.2) is 18.5 Å². The van der Waals surface area contributed by atoms with Crippen LogP contribution in [-0.2, 0) is 0 Å². The van der Waals surface area contributed by atoms with Crippen LogP contribution in [0.5, 0.6) is 0 Å². The van der Waals surface area contributed by atoms with Crippen LogP contribution >= 0.6 is 0 Å². The van der Waals surface area contributed by atoms with E-state index in [0.29, 0.717) is 6.04 Å². The molecule has 2 aromatic heterocycles. The molecule has 2 heterocycles. The van der Waals surface area contributed by atoms with Crippen molar-refractivity contribution in [2.24, 2.45) is 5.73 Å². The number of nitrogens with zero attached hydrogens (tertiary/aromatic N) is 4. The van der Waals surface area contributed by atoms with E-state index in [2.05, 4.69) is 34.0 Å². The van der Waals surface area contributed by atoms with Crippen molar-refractivity contribution in [1.82, 2.24) is 14.6 Å². The van der Waals surface area contributed by atoms with Gasteiger partial charge in [-0.05, 0) is 50.4 Å². The highest BCUT2D eigenvalue weighted by Gasteiger charge is 2.24. The number of fused-ring (bicyclic) bond motifs is 1. The zero-order chi connectivity index (χ0) is 13.9. The molecule has 0 saturated heterocycles. The van der Waals surface area contributed by atoms with Gasteiger partial charge in [-0.3, -0.25) is 0 Å². The summed E-state index contributed by atoms with van der Waals surface area (Å²) in [5.41, 5.74) is 7.87. The topological polar surface area (TPSA) is 59.5 Å². The molecule has 0 radical (unpaired) electrons. The summed E-state index contributed by atoms with van der Waals surface area (Å²) in [6, 6.07) is 4.92. The Kier molecular flexibility index (Phi) is 3.87. The lowest BCUT2D eigenvalue weighted by molar-refractivity contribution is 0.580. The number of hydrogen-bond donors (Lipinski definition) is 1. The Morgan fingerprint density at radius 2 is 2.15 bits per heavy atom. The molecule has 0 atom stereocenters. The molecule has 0 aromatic carbocycles. The SMILES string of the molecule is Cc1cc(N(CCCN)C2CCCC2)n2ncnc2c1. The van der Waals surface area contributed by atoms with Gasteiger partial charge in [0, 0.05) is 12.6 Å². The third kappa shape index (κ3) is 2.50. The summed E-state index contributed by atoms with van der Waals surface area (Å²) in [6.07, 6.45) is 7.85. The zero-order valence-corrected chi connectivity index (χ0v) is 12.1. The molecule has 108 valence electrons. The number of pyridine rings is 1. The van der Waals surface area contributed by atoms with Crippen LogP contribution in [0, 0.1) is 6.92 Å². The molecule has 0 spiro atoms. The van der Waals surface area contributed by atoms with Crippen molar-refractivity contribution in [1.29, 1.82) is 0 Å². The Balaban J connectivity index is 2.00. The number of hydrogen-bond acceptors (Lipinski definition) is 4. The van der Waals surface area contributed by atoms with Gasteiger partial charge in [0.1, 0.15) is 12.1 Å². The first-order valence-electron chi connectivity index (χ1n) is 7.56. The minimum atomic E-state index is 0.621. The number of rotatable bonds is 5. The lowest BCUT2D eigenvalue weighted by Crippen LogP contribution is -2.36. The second kappa shape index (κ2) is 5.79. The zero-order valence-electron chi connectivity index (χ0n) is 12.1. The largest absolute Gasteiger partial charge is 0.353 e. The Labute approximate surface area is 119 Å². The van der Waals surface area contributed by atoms with Crippen LogP contribution in [0.2, 0.25) is 0 Å². The van der Waals surface area contributed by atoms with Gasteiger partial charge in [0.15, 0.2) is 5.65 Å². The summed E-state index contributed by atoms with van der Waals surface area (Å²) in [5, 5.41) is 4.39. The molecule has 0 unspecified atom stereocenters. The highest BCUT2D eigenvalue weighted by molar-refractivity contribution is 5.53. The summed E-state index contributed by atoms with van der Waals surface area (Å²) in [6.45, 7) is 3.85. The van der Waals surface area contributed by atoms with E-state index < -0.39 is 0 Å². The number of nitrogens with two attached hydrogens (primary N) is 1. The van der Waals surface area contributed by atoms with Gasteiger partial charge < -0.3 is 10.6 Å². The van der Waals surface area contributed by atoms with Crippen LogP contribution in [0.1, 0.15) is 37.7 Å². The fourth-order valence-electron chi connectivity index (χ4n) is 3.20. The maximum atomic E-state index is 5.71. The van der Waals surface area contributed by atoms with Gasteiger partial charge in [0.25, 0.3) is 0 Å². The number of aryl methyl sites for hydroxylation is 1. The van der Waals surface area contributed by atoms with Crippen molar-refractivity contribution in [2.75, 3.05) is 18.0 Å². The van der Waals surface area contributed by atoms with Crippen LogP contribution < -0.4 is 10.6 Å². The lowest BCUT2D eigenvalue weighted by Gasteiger charge is -2.31. The first kappa shape index (κ1) is 13.4. The molecule has 0 amide bonds. The third-order valence-electron chi connectivity index (χ3n) is 4.17. The van der Waals surface area contributed by atoms with Gasteiger partial charge in [0.2, 0.25) is 0 Å². The van der Waals surface area contributed by atoms with Crippen LogP contribution in [0.25, 0.3) is 5.65 Å². The van der Waals surface area contributed by atoms with Crippen molar-refractivity contribution in [3.05, 3.63) is 24.0 Å². The Bertz CT molecular complexity index is 571. The molecule has 20 heavy (non-hydrogen) atoms. The Morgan fingerprint density at radius 1 is 1.35 bits per heavy atom. The quantitative estimate of drug-likeness (QED) is 0.906. The minimum absolute atomic E-state index is 0.621. The molecular weight excluding hydrogens is 250 g/mol. The molecule has 0 aliphatic heterocycles. The molecule has 1 aliphatic carbocycles. The van der Waals surface area contributed by atoms with Gasteiger partial charge in [-0.1, -0.05) is 12.8 Å². The van der Waals surface area contributed by atoms with Crippen molar-refractivity contribution in [3.8, 4) is 0 Å². The molecule has 1 aliphatic rings. The van der Waals surface area contributed by atoms with Gasteiger partial charge in [-0.25, -0.2) is 4.98 Å². The number of anilines is 1. The van der Waals surface area contributed by atoms with Crippen molar-refractivity contribution >= 4 is 11.5 Å². The average molecular weight is 273 g/mol. The maximum Gasteiger partial charge on any atom is 0.157 e. The van der Waals surface area contributed by atoms with Gasteiger partial charge in [0.05, 0.1) is 0 Å². The van der Waals surface area contributed by atoms with E-state index in [1.165, 1.54) is 31.2 Å². The standard InChI is InChI=1S/C15H23N5/c1-12-9-14-17-11-18-20(14)15(10-12)19(8-4-7-16)13-5-2-3-6-13/h9-11,13H,2-8,16H2,1H3. The highest BCUT2D eigenvalue weighted by Crippen LogP contribution is 2.29. The Hall–Kier alpha value is -1.62. The molecule has 5 nitrogen and oxygen atoms in total. The average Bonchev–Trinajstić information content (AvgIpc) is 3.09. The predicted molar refractivity (Wildman–Crippen MR) is 81.0 cm³/mol. The minimum Gasteiger partial charge on any atom is -0.353 e. The molecule has 1 fully saturated rings. The lowest BCUT2D eigenvalue weighted by atomic mass is 10.2. The second-order valence-electron chi connectivity index (χ2n) is 5.69.